The summed E-state index contributed by atoms with van der Waals surface area (Å²) < 4.78 is 2.07. The maximum Gasteiger partial charge on any atom is 0.0609 e. The molecule has 0 bridgehead atoms. The summed E-state index contributed by atoms with van der Waals surface area (Å²) in [5, 5.41) is 13.1. The SMILES string of the molecule is OCCc1cnn(C2CCCSC2)c1. The number of aliphatic hydroxyl groups is 1. The fraction of sp³-hybridized carbons (Fsp3) is 0.700. The van der Waals surface area contributed by atoms with E-state index in [1.165, 1.54) is 24.3 Å². The van der Waals surface area contributed by atoms with E-state index in [0.717, 1.165) is 12.0 Å². The molecule has 4 heteroatoms. The van der Waals surface area contributed by atoms with E-state index in [1.54, 1.807) is 0 Å². The highest BCUT2D eigenvalue weighted by Crippen LogP contribution is 2.26. The minimum absolute atomic E-state index is 0.213. The van der Waals surface area contributed by atoms with Gasteiger partial charge in [0.15, 0.2) is 0 Å². The van der Waals surface area contributed by atoms with Crippen LogP contribution in [0.15, 0.2) is 12.4 Å². The fourth-order valence-corrected chi connectivity index (χ4v) is 2.90. The summed E-state index contributed by atoms with van der Waals surface area (Å²) in [6, 6.07) is 0.571. The van der Waals surface area contributed by atoms with Crippen LogP contribution in [0.4, 0.5) is 0 Å². The quantitative estimate of drug-likeness (QED) is 0.825. The molecule has 1 fully saturated rings. The van der Waals surface area contributed by atoms with Crippen molar-refractivity contribution in [2.45, 2.75) is 25.3 Å². The molecule has 0 spiro atoms. The van der Waals surface area contributed by atoms with E-state index >= 15 is 0 Å². The summed E-state index contributed by atoms with van der Waals surface area (Å²) in [7, 11) is 0. The van der Waals surface area contributed by atoms with Gasteiger partial charge in [0.25, 0.3) is 0 Å². The Kier molecular flexibility index (Phi) is 3.48. The van der Waals surface area contributed by atoms with E-state index in [0.29, 0.717) is 6.04 Å². The van der Waals surface area contributed by atoms with Gasteiger partial charge in [0.2, 0.25) is 0 Å². The maximum atomic E-state index is 8.80. The maximum absolute atomic E-state index is 8.80. The average Bonchev–Trinajstić information content (AvgIpc) is 2.68. The zero-order valence-corrected chi connectivity index (χ0v) is 9.04. The van der Waals surface area contributed by atoms with Gasteiger partial charge in [-0.25, -0.2) is 0 Å². The number of nitrogens with zero attached hydrogens (tertiary/aromatic N) is 2. The van der Waals surface area contributed by atoms with Gasteiger partial charge in [0.1, 0.15) is 0 Å². The summed E-state index contributed by atoms with van der Waals surface area (Å²) in [6.07, 6.45) is 7.21. The number of rotatable bonds is 3. The topological polar surface area (TPSA) is 38.1 Å². The molecular formula is C10H16N2OS. The molecule has 1 unspecified atom stereocenters. The molecule has 1 N–H and O–H groups in total. The lowest BCUT2D eigenvalue weighted by atomic mass is 10.2. The lowest BCUT2D eigenvalue weighted by Gasteiger charge is -2.21. The molecule has 0 saturated carbocycles. The molecule has 78 valence electrons. The Morgan fingerprint density at radius 1 is 1.64 bits per heavy atom. The largest absolute Gasteiger partial charge is 0.396 e. The zero-order valence-electron chi connectivity index (χ0n) is 8.22. The number of hydrogen-bond donors (Lipinski definition) is 1. The van der Waals surface area contributed by atoms with Crippen LogP contribution in [0, 0.1) is 0 Å². The minimum atomic E-state index is 0.213. The molecule has 0 amide bonds. The molecule has 3 nitrogen and oxygen atoms in total. The third-order valence-electron chi connectivity index (χ3n) is 2.57. The van der Waals surface area contributed by atoms with Crippen molar-refractivity contribution in [1.29, 1.82) is 0 Å². The smallest absolute Gasteiger partial charge is 0.0609 e. The molecule has 1 aromatic rings. The first kappa shape index (κ1) is 10.1. The summed E-state index contributed by atoms with van der Waals surface area (Å²) in [4.78, 5) is 0. The molecule has 1 aromatic heterocycles. The summed E-state index contributed by atoms with van der Waals surface area (Å²) in [5.41, 5.74) is 1.14. The number of thioether (sulfide) groups is 1. The zero-order chi connectivity index (χ0) is 9.80. The molecule has 1 atom stereocenters. The van der Waals surface area contributed by atoms with Crippen molar-refractivity contribution in [3.63, 3.8) is 0 Å². The van der Waals surface area contributed by atoms with Crippen molar-refractivity contribution in [2.75, 3.05) is 18.1 Å². The van der Waals surface area contributed by atoms with Gasteiger partial charge in [0, 0.05) is 18.6 Å². The highest BCUT2D eigenvalue weighted by Gasteiger charge is 2.15. The second-order valence-electron chi connectivity index (χ2n) is 3.67. The Morgan fingerprint density at radius 3 is 3.29 bits per heavy atom. The van der Waals surface area contributed by atoms with Crippen molar-refractivity contribution >= 4 is 11.8 Å². The van der Waals surface area contributed by atoms with Crippen LogP contribution in [0.3, 0.4) is 0 Å². The van der Waals surface area contributed by atoms with E-state index < -0.39 is 0 Å². The van der Waals surface area contributed by atoms with E-state index in [9.17, 15) is 0 Å². The van der Waals surface area contributed by atoms with Crippen molar-refractivity contribution in [1.82, 2.24) is 9.78 Å². The first-order valence-corrected chi connectivity index (χ1v) is 6.27. The van der Waals surface area contributed by atoms with Crippen LogP contribution in [0.2, 0.25) is 0 Å². The van der Waals surface area contributed by atoms with Crippen LogP contribution in [-0.2, 0) is 6.42 Å². The summed E-state index contributed by atoms with van der Waals surface area (Å²) in [5.74, 6) is 2.47. The Hall–Kier alpha value is -0.480. The molecule has 1 aliphatic rings. The summed E-state index contributed by atoms with van der Waals surface area (Å²) >= 11 is 2.01. The highest BCUT2D eigenvalue weighted by molar-refractivity contribution is 7.99. The monoisotopic (exact) mass is 212 g/mol. The summed E-state index contributed by atoms with van der Waals surface area (Å²) in [6.45, 7) is 0.213. The molecule has 0 aromatic carbocycles. The van der Waals surface area contributed by atoms with Crippen molar-refractivity contribution in [3.8, 4) is 0 Å². The third kappa shape index (κ3) is 2.30. The normalized spacial score (nSPS) is 22.5. The standard InChI is InChI=1S/C10H16N2OS/c13-4-3-9-6-11-12(7-9)10-2-1-5-14-8-10/h6-7,10,13H,1-5,8H2. The minimum Gasteiger partial charge on any atom is -0.396 e. The molecule has 1 saturated heterocycles. The van der Waals surface area contributed by atoms with Crippen LogP contribution in [0.25, 0.3) is 0 Å². The Balaban J connectivity index is 2.00. The van der Waals surface area contributed by atoms with Crippen LogP contribution < -0.4 is 0 Å². The van der Waals surface area contributed by atoms with Crippen molar-refractivity contribution in [3.05, 3.63) is 18.0 Å². The van der Waals surface area contributed by atoms with Gasteiger partial charge in [-0.3, -0.25) is 4.68 Å². The highest BCUT2D eigenvalue weighted by atomic mass is 32.2. The fourth-order valence-electron chi connectivity index (χ4n) is 1.77. The van der Waals surface area contributed by atoms with E-state index in [-0.39, 0.29) is 6.61 Å². The second-order valence-corrected chi connectivity index (χ2v) is 4.82. The number of aliphatic hydroxyl groups excluding tert-OH is 1. The van der Waals surface area contributed by atoms with E-state index in [1.807, 2.05) is 18.0 Å². The van der Waals surface area contributed by atoms with Crippen molar-refractivity contribution in [2.24, 2.45) is 0 Å². The number of aromatic nitrogens is 2. The first-order valence-electron chi connectivity index (χ1n) is 5.12. The van der Waals surface area contributed by atoms with Gasteiger partial charge < -0.3 is 5.11 Å². The van der Waals surface area contributed by atoms with Crippen LogP contribution >= 0.6 is 11.8 Å². The predicted octanol–water partition coefficient (Wildman–Crippen LogP) is 1.49. The van der Waals surface area contributed by atoms with Crippen LogP contribution in [0.1, 0.15) is 24.4 Å². The molecular weight excluding hydrogens is 196 g/mol. The Morgan fingerprint density at radius 2 is 2.57 bits per heavy atom. The molecule has 2 heterocycles. The van der Waals surface area contributed by atoms with E-state index in [4.69, 9.17) is 5.11 Å². The number of hydrogen-bond acceptors (Lipinski definition) is 3. The lowest BCUT2D eigenvalue weighted by Crippen LogP contribution is -2.16. The van der Waals surface area contributed by atoms with Gasteiger partial charge >= 0.3 is 0 Å². The first-order chi connectivity index (χ1) is 6.90. The van der Waals surface area contributed by atoms with Gasteiger partial charge in [-0.15, -0.1) is 0 Å². The van der Waals surface area contributed by atoms with Crippen molar-refractivity contribution < 1.29 is 5.11 Å². The molecule has 0 aliphatic carbocycles. The van der Waals surface area contributed by atoms with E-state index in [2.05, 4.69) is 16.0 Å². The Labute approximate surface area is 88.5 Å². The van der Waals surface area contributed by atoms with Gasteiger partial charge in [-0.2, -0.15) is 16.9 Å². The lowest BCUT2D eigenvalue weighted by molar-refractivity contribution is 0.299. The average molecular weight is 212 g/mol. The predicted molar refractivity (Wildman–Crippen MR) is 58.6 cm³/mol. The van der Waals surface area contributed by atoms with Gasteiger partial charge in [-0.05, 0) is 30.6 Å². The molecule has 14 heavy (non-hydrogen) atoms. The van der Waals surface area contributed by atoms with Gasteiger partial charge in [-0.1, -0.05) is 0 Å². The molecule has 1 aliphatic heterocycles. The van der Waals surface area contributed by atoms with Gasteiger partial charge in [0.05, 0.1) is 12.2 Å². The van der Waals surface area contributed by atoms with Crippen LogP contribution in [0.5, 0.6) is 0 Å². The molecule has 2 rings (SSSR count). The Bertz CT molecular complexity index is 281. The second kappa shape index (κ2) is 4.84. The van der Waals surface area contributed by atoms with Crippen LogP contribution in [-0.4, -0.2) is 33.0 Å². The molecule has 0 radical (unpaired) electrons. The third-order valence-corrected chi connectivity index (χ3v) is 3.76.